The van der Waals surface area contributed by atoms with E-state index in [2.05, 4.69) is 5.32 Å². The van der Waals surface area contributed by atoms with Crippen LogP contribution in [0, 0.1) is 0 Å². The average Bonchev–Trinajstić information content (AvgIpc) is 2.65. The van der Waals surface area contributed by atoms with E-state index >= 15 is 0 Å². The molecular formula is C21H28N2O3. The summed E-state index contributed by atoms with van der Waals surface area (Å²) in [5.74, 6) is 0.632. The van der Waals surface area contributed by atoms with Crippen LogP contribution in [0.3, 0.4) is 0 Å². The largest absolute Gasteiger partial charge is 0.486 e. The summed E-state index contributed by atoms with van der Waals surface area (Å²) in [4.78, 5) is 0. The van der Waals surface area contributed by atoms with Gasteiger partial charge in [0.1, 0.15) is 17.5 Å². The van der Waals surface area contributed by atoms with Crippen LogP contribution in [-0.4, -0.2) is 40.6 Å². The Bertz CT molecular complexity index is 692. The number of ether oxygens (including phenoxy) is 1. The fourth-order valence-electron chi connectivity index (χ4n) is 3.64. The molecule has 0 bridgehead atoms. The first-order valence-electron chi connectivity index (χ1n) is 9.22. The van der Waals surface area contributed by atoms with Gasteiger partial charge in [0.2, 0.25) is 0 Å². The van der Waals surface area contributed by atoms with Gasteiger partial charge in [-0.3, -0.25) is 0 Å². The maximum absolute atomic E-state index is 11.5. The highest BCUT2D eigenvalue weighted by molar-refractivity contribution is 5.41. The fraction of sp³-hybridized carbons (Fsp3) is 0.429. The Labute approximate surface area is 154 Å². The van der Waals surface area contributed by atoms with Gasteiger partial charge in [-0.25, -0.2) is 0 Å². The summed E-state index contributed by atoms with van der Waals surface area (Å²) in [6.45, 7) is 2.56. The van der Waals surface area contributed by atoms with Crippen molar-refractivity contribution in [1.29, 1.82) is 0 Å². The monoisotopic (exact) mass is 356 g/mol. The zero-order valence-electron chi connectivity index (χ0n) is 15.1. The maximum atomic E-state index is 11.5. The number of hydrogen-bond acceptors (Lipinski definition) is 5. The Morgan fingerprint density at radius 1 is 1.19 bits per heavy atom. The Balaban J connectivity index is 1.89. The molecule has 0 radical (unpaired) electrons. The van der Waals surface area contributed by atoms with E-state index in [1.54, 1.807) is 24.3 Å². The van der Waals surface area contributed by atoms with Gasteiger partial charge < -0.3 is 26.0 Å². The lowest BCUT2D eigenvalue weighted by Crippen LogP contribution is -2.66. The van der Waals surface area contributed by atoms with Crippen molar-refractivity contribution in [2.45, 2.75) is 50.0 Å². The number of piperidine rings is 1. The molecule has 1 heterocycles. The summed E-state index contributed by atoms with van der Waals surface area (Å²) in [7, 11) is 0. The van der Waals surface area contributed by atoms with Crippen molar-refractivity contribution < 1.29 is 14.9 Å². The summed E-state index contributed by atoms with van der Waals surface area (Å²) in [5, 5.41) is 25.3. The van der Waals surface area contributed by atoms with Crippen LogP contribution in [0.4, 0.5) is 5.69 Å². The molecular weight excluding hydrogens is 328 g/mol. The van der Waals surface area contributed by atoms with E-state index in [0.29, 0.717) is 37.2 Å². The van der Waals surface area contributed by atoms with Gasteiger partial charge in [-0.1, -0.05) is 37.3 Å². The second kappa shape index (κ2) is 8.08. The Morgan fingerprint density at radius 2 is 1.88 bits per heavy atom. The molecule has 4 atom stereocenters. The molecule has 0 aromatic heterocycles. The van der Waals surface area contributed by atoms with Crippen LogP contribution < -0.4 is 15.8 Å². The van der Waals surface area contributed by atoms with Crippen molar-refractivity contribution in [3.63, 3.8) is 0 Å². The second-order valence-electron chi connectivity index (χ2n) is 7.08. The molecule has 1 fully saturated rings. The van der Waals surface area contributed by atoms with Gasteiger partial charge in [-0.05, 0) is 49.2 Å². The van der Waals surface area contributed by atoms with Crippen molar-refractivity contribution in [1.82, 2.24) is 5.32 Å². The van der Waals surface area contributed by atoms with Crippen LogP contribution in [0.5, 0.6) is 5.75 Å². The van der Waals surface area contributed by atoms with Crippen LogP contribution in [0.1, 0.15) is 25.3 Å². The molecule has 0 spiro atoms. The number of anilines is 1. The van der Waals surface area contributed by atoms with Gasteiger partial charge in [-0.2, -0.15) is 0 Å². The third-order valence-corrected chi connectivity index (χ3v) is 5.12. The van der Waals surface area contributed by atoms with Crippen LogP contribution in [0.15, 0.2) is 54.6 Å². The summed E-state index contributed by atoms with van der Waals surface area (Å²) < 4.78 is 6.21. The van der Waals surface area contributed by atoms with Gasteiger partial charge in [0, 0.05) is 12.1 Å². The van der Waals surface area contributed by atoms with Crippen molar-refractivity contribution in [2.24, 2.45) is 0 Å². The van der Waals surface area contributed by atoms with Crippen LogP contribution in [-0.2, 0) is 6.42 Å². The van der Waals surface area contributed by atoms with Crippen LogP contribution >= 0.6 is 0 Å². The van der Waals surface area contributed by atoms with Gasteiger partial charge in [0.25, 0.3) is 0 Å². The van der Waals surface area contributed by atoms with Crippen molar-refractivity contribution >= 4 is 5.69 Å². The number of hydrogen-bond donors (Lipinski definition) is 4. The topological polar surface area (TPSA) is 87.7 Å². The minimum atomic E-state index is -1.07. The number of nitrogen functional groups attached to an aromatic ring is 1. The third-order valence-electron chi connectivity index (χ3n) is 5.12. The number of nitrogens with two attached hydrogens (primary N) is 1. The van der Waals surface area contributed by atoms with Crippen LogP contribution in [0.2, 0.25) is 0 Å². The van der Waals surface area contributed by atoms with E-state index in [4.69, 9.17) is 10.5 Å². The Morgan fingerprint density at radius 3 is 2.54 bits per heavy atom. The lowest BCUT2D eigenvalue weighted by Gasteiger charge is -2.46. The standard InChI is InChI=1S/C21H28N2O3/c1-2-18(24)19-20(26-17-10-8-16(22)9-11-17)21(25,12-13-23-19)14-15-6-4-3-5-7-15/h3-11,18-20,23-25H,2,12-14,22H2,1H3. The molecule has 26 heavy (non-hydrogen) atoms. The molecule has 2 aromatic rings. The Hall–Kier alpha value is -2.08. The predicted octanol–water partition coefficient (Wildman–Crippen LogP) is 2.12. The quantitative estimate of drug-likeness (QED) is 0.596. The molecule has 140 valence electrons. The smallest absolute Gasteiger partial charge is 0.145 e. The zero-order valence-corrected chi connectivity index (χ0v) is 15.1. The minimum absolute atomic E-state index is 0.347. The molecule has 5 nitrogen and oxygen atoms in total. The van der Waals surface area contributed by atoms with Crippen molar-refractivity contribution in [2.75, 3.05) is 12.3 Å². The van der Waals surface area contributed by atoms with Gasteiger partial charge >= 0.3 is 0 Å². The highest BCUT2D eigenvalue weighted by Crippen LogP contribution is 2.32. The van der Waals surface area contributed by atoms with Gasteiger partial charge in [0.05, 0.1) is 12.1 Å². The molecule has 4 unspecified atom stereocenters. The average molecular weight is 356 g/mol. The van der Waals surface area contributed by atoms with E-state index in [1.807, 2.05) is 37.3 Å². The normalized spacial score (nSPS) is 27.0. The third kappa shape index (κ3) is 4.18. The Kier molecular flexibility index (Phi) is 5.81. The highest BCUT2D eigenvalue weighted by Gasteiger charge is 2.48. The summed E-state index contributed by atoms with van der Waals surface area (Å²) in [5.41, 5.74) is 6.39. The zero-order chi connectivity index (χ0) is 18.6. The van der Waals surface area contributed by atoms with Crippen molar-refractivity contribution in [3.05, 3.63) is 60.2 Å². The maximum Gasteiger partial charge on any atom is 0.145 e. The summed E-state index contributed by atoms with van der Waals surface area (Å²) in [6.07, 6.45) is 0.434. The molecule has 0 amide bonds. The van der Waals surface area contributed by atoms with E-state index in [0.717, 1.165) is 5.56 Å². The first-order chi connectivity index (χ1) is 12.5. The molecule has 2 aromatic carbocycles. The van der Waals surface area contributed by atoms with Gasteiger partial charge in [-0.15, -0.1) is 0 Å². The minimum Gasteiger partial charge on any atom is -0.486 e. The molecule has 1 aliphatic rings. The molecule has 1 aliphatic heterocycles. The van der Waals surface area contributed by atoms with E-state index in [1.165, 1.54) is 0 Å². The first kappa shape index (κ1) is 18.7. The highest BCUT2D eigenvalue weighted by atomic mass is 16.5. The lowest BCUT2D eigenvalue weighted by molar-refractivity contribution is -0.117. The molecule has 0 aliphatic carbocycles. The van der Waals surface area contributed by atoms with E-state index in [-0.39, 0.29) is 6.04 Å². The molecule has 3 rings (SSSR count). The predicted molar refractivity (Wildman–Crippen MR) is 103 cm³/mol. The SMILES string of the molecule is CCC(O)C1NCCC(O)(Cc2ccccc2)C1Oc1ccc(N)cc1. The molecule has 0 saturated carbocycles. The lowest BCUT2D eigenvalue weighted by atomic mass is 9.78. The molecule has 5 N–H and O–H groups in total. The summed E-state index contributed by atoms with van der Waals surface area (Å²) in [6, 6.07) is 16.7. The fourth-order valence-corrected chi connectivity index (χ4v) is 3.64. The summed E-state index contributed by atoms with van der Waals surface area (Å²) >= 11 is 0. The number of aliphatic hydroxyl groups is 2. The van der Waals surface area contributed by atoms with Gasteiger partial charge in [0.15, 0.2) is 0 Å². The number of nitrogens with one attached hydrogen (secondary N) is 1. The number of rotatable bonds is 6. The molecule has 5 heteroatoms. The van der Waals surface area contributed by atoms with E-state index in [9.17, 15) is 10.2 Å². The number of aliphatic hydroxyl groups excluding tert-OH is 1. The van der Waals surface area contributed by atoms with Crippen LogP contribution in [0.25, 0.3) is 0 Å². The van der Waals surface area contributed by atoms with E-state index < -0.39 is 17.8 Å². The first-order valence-corrected chi connectivity index (χ1v) is 9.22. The van der Waals surface area contributed by atoms with Crippen molar-refractivity contribution in [3.8, 4) is 5.75 Å². The second-order valence-corrected chi connectivity index (χ2v) is 7.08. The number of benzene rings is 2. The molecule has 1 saturated heterocycles.